The third kappa shape index (κ3) is 12.2. The number of hydrogen-bond donors (Lipinski definition) is 0. The van der Waals surface area contributed by atoms with Crippen LogP contribution in [0.4, 0.5) is 0 Å². The van der Waals surface area contributed by atoms with Crippen molar-refractivity contribution in [1.29, 1.82) is 0 Å². The summed E-state index contributed by atoms with van der Waals surface area (Å²) in [5.74, 6) is 0.809. The molecule has 1 heteroatoms. The minimum atomic E-state index is 0.809. The molecule has 0 saturated carbocycles. The van der Waals surface area contributed by atoms with E-state index in [4.69, 9.17) is 0 Å². The van der Waals surface area contributed by atoms with E-state index in [2.05, 4.69) is 32.6 Å². The fraction of sp³-hybridized carbons (Fsp3) is 1.00. The molecule has 17 heavy (non-hydrogen) atoms. The van der Waals surface area contributed by atoms with Crippen LogP contribution < -0.4 is 0 Å². The molecule has 104 valence electrons. The molecule has 0 radical (unpaired) electrons. The average molecular weight is 241 g/mol. The van der Waals surface area contributed by atoms with E-state index in [-0.39, 0.29) is 0 Å². The van der Waals surface area contributed by atoms with Crippen molar-refractivity contribution in [2.45, 2.75) is 79.1 Å². The molecule has 0 aromatic heterocycles. The molecule has 0 heterocycles. The summed E-state index contributed by atoms with van der Waals surface area (Å²) in [5.41, 5.74) is 0. The van der Waals surface area contributed by atoms with E-state index in [1.807, 2.05) is 0 Å². The lowest BCUT2D eigenvalue weighted by molar-refractivity contribution is 0.250. The zero-order valence-corrected chi connectivity index (χ0v) is 12.8. The zero-order chi connectivity index (χ0) is 12.9. The van der Waals surface area contributed by atoms with E-state index in [1.165, 1.54) is 71.0 Å². The summed E-state index contributed by atoms with van der Waals surface area (Å²) in [6, 6.07) is 0. The van der Waals surface area contributed by atoms with E-state index in [9.17, 15) is 0 Å². The average Bonchev–Trinajstić information content (AvgIpc) is 2.30. The molecule has 0 unspecified atom stereocenters. The van der Waals surface area contributed by atoms with Crippen LogP contribution in [-0.4, -0.2) is 24.5 Å². The van der Waals surface area contributed by atoms with Gasteiger partial charge in [-0.05, 0) is 25.4 Å². The minimum Gasteiger partial charge on any atom is -0.303 e. The van der Waals surface area contributed by atoms with Gasteiger partial charge in [-0.1, -0.05) is 72.6 Å². The standard InChI is InChI=1S/C16H35N/c1-5-7-8-9-10-11-12-13-14-17(6-2)15-16(3)4/h16H,5-15H2,1-4H3. The molecule has 0 aliphatic rings. The van der Waals surface area contributed by atoms with E-state index in [1.54, 1.807) is 0 Å². The Morgan fingerprint density at radius 2 is 1.29 bits per heavy atom. The summed E-state index contributed by atoms with van der Waals surface area (Å²) in [7, 11) is 0. The van der Waals surface area contributed by atoms with Gasteiger partial charge in [-0.15, -0.1) is 0 Å². The highest BCUT2D eigenvalue weighted by atomic mass is 15.1. The topological polar surface area (TPSA) is 3.24 Å². The molecule has 0 saturated heterocycles. The van der Waals surface area contributed by atoms with E-state index in [0.717, 1.165) is 5.92 Å². The van der Waals surface area contributed by atoms with Crippen molar-refractivity contribution in [3.63, 3.8) is 0 Å². The van der Waals surface area contributed by atoms with Gasteiger partial charge in [0.15, 0.2) is 0 Å². The van der Waals surface area contributed by atoms with Crippen LogP contribution in [0.1, 0.15) is 79.1 Å². The van der Waals surface area contributed by atoms with Gasteiger partial charge in [0.2, 0.25) is 0 Å². The first-order valence-corrected chi connectivity index (χ1v) is 7.93. The van der Waals surface area contributed by atoms with Crippen LogP contribution in [0.25, 0.3) is 0 Å². The summed E-state index contributed by atoms with van der Waals surface area (Å²) in [4.78, 5) is 2.60. The predicted molar refractivity (Wildman–Crippen MR) is 79.6 cm³/mol. The van der Waals surface area contributed by atoms with Crippen molar-refractivity contribution in [2.24, 2.45) is 5.92 Å². The van der Waals surface area contributed by atoms with Gasteiger partial charge in [0.05, 0.1) is 0 Å². The Balaban J connectivity index is 3.25. The van der Waals surface area contributed by atoms with Crippen molar-refractivity contribution >= 4 is 0 Å². The van der Waals surface area contributed by atoms with Crippen molar-refractivity contribution in [1.82, 2.24) is 4.90 Å². The highest BCUT2D eigenvalue weighted by molar-refractivity contribution is 4.58. The molecule has 0 aliphatic carbocycles. The SMILES string of the molecule is CCCCCCCCCCN(CC)CC(C)C. The van der Waals surface area contributed by atoms with Gasteiger partial charge in [0, 0.05) is 6.54 Å². The third-order valence-corrected chi connectivity index (χ3v) is 3.40. The fourth-order valence-electron chi connectivity index (χ4n) is 2.36. The second-order valence-electron chi connectivity index (χ2n) is 5.76. The summed E-state index contributed by atoms with van der Waals surface area (Å²) in [6.07, 6.45) is 11.4. The largest absolute Gasteiger partial charge is 0.303 e. The van der Waals surface area contributed by atoms with Gasteiger partial charge in [-0.3, -0.25) is 0 Å². The van der Waals surface area contributed by atoms with Crippen LogP contribution in [0.2, 0.25) is 0 Å². The van der Waals surface area contributed by atoms with Gasteiger partial charge >= 0.3 is 0 Å². The Morgan fingerprint density at radius 1 is 0.765 bits per heavy atom. The van der Waals surface area contributed by atoms with E-state index in [0.29, 0.717) is 0 Å². The molecule has 0 aliphatic heterocycles. The summed E-state index contributed by atoms with van der Waals surface area (Å²) < 4.78 is 0. The Kier molecular flexibility index (Phi) is 12.4. The molecule has 0 amide bonds. The van der Waals surface area contributed by atoms with E-state index >= 15 is 0 Å². The number of rotatable bonds is 12. The molecular weight excluding hydrogens is 206 g/mol. The van der Waals surface area contributed by atoms with Gasteiger partial charge in [0.1, 0.15) is 0 Å². The quantitative estimate of drug-likeness (QED) is 0.429. The van der Waals surface area contributed by atoms with Crippen molar-refractivity contribution in [3.05, 3.63) is 0 Å². The molecule has 0 spiro atoms. The fourth-order valence-corrected chi connectivity index (χ4v) is 2.36. The predicted octanol–water partition coefficient (Wildman–Crippen LogP) is 5.11. The maximum absolute atomic E-state index is 2.60. The highest BCUT2D eigenvalue weighted by Crippen LogP contribution is 2.09. The number of unbranched alkanes of at least 4 members (excludes halogenated alkanes) is 7. The first kappa shape index (κ1) is 17.0. The molecule has 0 aromatic carbocycles. The normalized spacial score (nSPS) is 11.6. The first-order chi connectivity index (χ1) is 8.20. The molecular formula is C16H35N. The lowest BCUT2D eigenvalue weighted by Crippen LogP contribution is -2.28. The lowest BCUT2D eigenvalue weighted by atomic mass is 10.1. The Morgan fingerprint density at radius 3 is 1.76 bits per heavy atom. The molecule has 0 aromatic rings. The Hall–Kier alpha value is -0.0400. The molecule has 0 bridgehead atoms. The van der Waals surface area contributed by atoms with Gasteiger partial charge in [-0.25, -0.2) is 0 Å². The minimum absolute atomic E-state index is 0.809. The van der Waals surface area contributed by atoms with Crippen molar-refractivity contribution in [3.8, 4) is 0 Å². The monoisotopic (exact) mass is 241 g/mol. The van der Waals surface area contributed by atoms with E-state index < -0.39 is 0 Å². The second-order valence-corrected chi connectivity index (χ2v) is 5.76. The maximum Gasteiger partial charge on any atom is 0.000427 e. The molecule has 0 N–H and O–H groups in total. The van der Waals surface area contributed by atoms with Crippen molar-refractivity contribution in [2.75, 3.05) is 19.6 Å². The number of nitrogens with zero attached hydrogens (tertiary/aromatic N) is 1. The van der Waals surface area contributed by atoms with Crippen LogP contribution in [0.5, 0.6) is 0 Å². The third-order valence-electron chi connectivity index (χ3n) is 3.40. The smallest absolute Gasteiger partial charge is 0.000427 e. The molecule has 0 rings (SSSR count). The van der Waals surface area contributed by atoms with Crippen LogP contribution in [0.3, 0.4) is 0 Å². The first-order valence-electron chi connectivity index (χ1n) is 7.93. The van der Waals surface area contributed by atoms with Crippen LogP contribution in [-0.2, 0) is 0 Å². The Bertz CT molecular complexity index is 142. The zero-order valence-electron chi connectivity index (χ0n) is 12.8. The van der Waals surface area contributed by atoms with Gasteiger partial charge in [-0.2, -0.15) is 0 Å². The maximum atomic E-state index is 2.60. The lowest BCUT2D eigenvalue weighted by Gasteiger charge is -2.22. The van der Waals surface area contributed by atoms with Crippen LogP contribution in [0, 0.1) is 5.92 Å². The van der Waals surface area contributed by atoms with Crippen molar-refractivity contribution < 1.29 is 0 Å². The van der Waals surface area contributed by atoms with Gasteiger partial charge in [0.25, 0.3) is 0 Å². The number of hydrogen-bond acceptors (Lipinski definition) is 1. The molecule has 0 atom stereocenters. The summed E-state index contributed by atoms with van der Waals surface area (Å²) >= 11 is 0. The van der Waals surface area contributed by atoms with Crippen LogP contribution in [0.15, 0.2) is 0 Å². The summed E-state index contributed by atoms with van der Waals surface area (Å²) in [5, 5.41) is 0. The van der Waals surface area contributed by atoms with Gasteiger partial charge < -0.3 is 4.90 Å². The molecule has 0 fully saturated rings. The second kappa shape index (κ2) is 12.4. The summed E-state index contributed by atoms with van der Waals surface area (Å²) in [6.45, 7) is 13.0. The molecule has 1 nitrogen and oxygen atoms in total. The highest BCUT2D eigenvalue weighted by Gasteiger charge is 2.03. The Labute approximate surface area is 110 Å². The van der Waals surface area contributed by atoms with Crippen LogP contribution >= 0.6 is 0 Å².